The summed E-state index contributed by atoms with van der Waals surface area (Å²) in [6.45, 7) is 5.27. The second-order valence-electron chi connectivity index (χ2n) is 9.81. The zero-order chi connectivity index (χ0) is 29.6. The molecule has 5 rings (SSSR count). The monoisotopic (exact) mass is 599 g/mol. The molecule has 3 aromatic carbocycles. The molecule has 1 saturated heterocycles. The fraction of sp³-hybridized carbons (Fsp3) is 0.242. The lowest BCUT2D eigenvalue weighted by atomic mass is 10.0. The number of thioether (sulfide) groups is 1. The number of hydrogen-bond donors (Lipinski definition) is 0. The van der Waals surface area contributed by atoms with Gasteiger partial charge in [-0.25, -0.2) is 4.68 Å². The third-order valence-electron chi connectivity index (χ3n) is 6.92. The molecule has 0 radical (unpaired) electrons. The molecule has 0 unspecified atom stereocenters. The molecule has 1 aromatic heterocycles. The highest BCUT2D eigenvalue weighted by atomic mass is 32.2. The summed E-state index contributed by atoms with van der Waals surface area (Å²) in [6, 6.07) is 21.7. The van der Waals surface area contributed by atoms with Gasteiger partial charge in [0.15, 0.2) is 11.5 Å². The SMILES string of the molecule is CCCOc1ccc(-c2nn(-c3ccccc3)cc2C=C2SC(=S)N(CCc3ccc(OC)c(OC)c3)C2=O)c(C)c1. The van der Waals surface area contributed by atoms with Crippen molar-refractivity contribution >= 4 is 40.3 Å². The van der Waals surface area contributed by atoms with E-state index in [1.54, 1.807) is 19.1 Å². The van der Waals surface area contributed by atoms with Crippen molar-refractivity contribution in [2.45, 2.75) is 26.7 Å². The van der Waals surface area contributed by atoms with Gasteiger partial charge in [-0.05, 0) is 79.4 Å². The fourth-order valence-electron chi connectivity index (χ4n) is 4.74. The first-order valence-electron chi connectivity index (χ1n) is 13.8. The number of methoxy groups -OCH3 is 2. The number of aryl methyl sites for hydroxylation is 1. The Morgan fingerprint density at radius 2 is 1.79 bits per heavy atom. The Hall–Kier alpha value is -4.08. The lowest BCUT2D eigenvalue weighted by Crippen LogP contribution is -2.30. The highest BCUT2D eigenvalue weighted by molar-refractivity contribution is 8.26. The normalized spacial score (nSPS) is 14.1. The average Bonchev–Trinajstić information content (AvgIpc) is 3.54. The van der Waals surface area contributed by atoms with Gasteiger partial charge in [0.2, 0.25) is 0 Å². The predicted molar refractivity (Wildman–Crippen MR) is 173 cm³/mol. The molecule has 9 heteroatoms. The van der Waals surface area contributed by atoms with Gasteiger partial charge in [-0.15, -0.1) is 0 Å². The van der Waals surface area contributed by atoms with Crippen LogP contribution >= 0.6 is 24.0 Å². The number of nitrogens with zero attached hydrogens (tertiary/aromatic N) is 3. The summed E-state index contributed by atoms with van der Waals surface area (Å²) in [7, 11) is 3.22. The van der Waals surface area contributed by atoms with Crippen LogP contribution in [0.2, 0.25) is 0 Å². The zero-order valence-corrected chi connectivity index (χ0v) is 25.8. The van der Waals surface area contributed by atoms with Crippen LogP contribution in [0, 0.1) is 6.92 Å². The Bertz CT molecular complexity index is 1630. The summed E-state index contributed by atoms with van der Waals surface area (Å²) in [5.41, 5.74) is 5.60. The third-order valence-corrected chi connectivity index (χ3v) is 8.30. The molecular weight excluding hydrogens is 567 g/mol. The van der Waals surface area contributed by atoms with E-state index in [-0.39, 0.29) is 5.91 Å². The lowest BCUT2D eigenvalue weighted by Gasteiger charge is -2.15. The number of carbonyl (C=O) groups excluding carboxylic acids is 1. The van der Waals surface area contributed by atoms with Crippen LogP contribution in [0.4, 0.5) is 0 Å². The van der Waals surface area contributed by atoms with Gasteiger partial charge in [-0.3, -0.25) is 9.69 Å². The van der Waals surface area contributed by atoms with E-state index < -0.39 is 0 Å². The maximum atomic E-state index is 13.6. The summed E-state index contributed by atoms with van der Waals surface area (Å²) in [5.74, 6) is 2.05. The summed E-state index contributed by atoms with van der Waals surface area (Å²) in [4.78, 5) is 15.8. The van der Waals surface area contributed by atoms with Crippen LogP contribution < -0.4 is 14.2 Å². The number of aromatic nitrogens is 2. The summed E-state index contributed by atoms with van der Waals surface area (Å²) in [5, 5.41) is 4.96. The van der Waals surface area contributed by atoms with E-state index in [4.69, 9.17) is 31.5 Å². The van der Waals surface area contributed by atoms with Crippen molar-refractivity contribution in [2.24, 2.45) is 0 Å². The van der Waals surface area contributed by atoms with Gasteiger partial charge in [-0.2, -0.15) is 5.10 Å². The number of thiocarbonyl (C=S) groups is 1. The van der Waals surface area contributed by atoms with Crippen molar-refractivity contribution < 1.29 is 19.0 Å². The van der Waals surface area contributed by atoms with Crippen molar-refractivity contribution in [3.8, 4) is 34.2 Å². The molecule has 216 valence electrons. The summed E-state index contributed by atoms with van der Waals surface area (Å²) < 4.78 is 19.0. The minimum absolute atomic E-state index is 0.107. The quantitative estimate of drug-likeness (QED) is 0.135. The topological polar surface area (TPSA) is 65.8 Å². The molecule has 1 amide bonds. The Labute approximate surface area is 256 Å². The molecule has 0 saturated carbocycles. The van der Waals surface area contributed by atoms with Crippen molar-refractivity contribution in [3.63, 3.8) is 0 Å². The van der Waals surface area contributed by atoms with E-state index in [0.717, 1.165) is 45.8 Å². The maximum absolute atomic E-state index is 13.6. The van der Waals surface area contributed by atoms with E-state index in [1.807, 2.05) is 90.6 Å². The average molecular weight is 600 g/mol. The number of rotatable bonds is 11. The molecule has 1 fully saturated rings. The van der Waals surface area contributed by atoms with Crippen molar-refractivity contribution in [1.29, 1.82) is 0 Å². The smallest absolute Gasteiger partial charge is 0.266 e. The van der Waals surface area contributed by atoms with E-state index in [2.05, 4.69) is 6.92 Å². The summed E-state index contributed by atoms with van der Waals surface area (Å²) >= 11 is 6.96. The molecule has 42 heavy (non-hydrogen) atoms. The van der Waals surface area contributed by atoms with Gasteiger partial charge >= 0.3 is 0 Å². The van der Waals surface area contributed by atoms with E-state index in [9.17, 15) is 4.79 Å². The van der Waals surface area contributed by atoms with Crippen LogP contribution in [0.5, 0.6) is 17.2 Å². The number of carbonyl (C=O) groups is 1. The first-order chi connectivity index (χ1) is 20.4. The molecular formula is C33H33N3O4S2. The molecule has 0 bridgehead atoms. The fourth-order valence-corrected chi connectivity index (χ4v) is 6.04. The van der Waals surface area contributed by atoms with E-state index in [1.165, 1.54) is 11.8 Å². The standard InChI is InChI=1S/C33H33N3O4S2/c1-5-17-40-26-12-13-27(22(2)18-26)31-24(21-36(34-31)25-9-7-6-8-10-25)20-30-32(37)35(33(41)42-30)16-15-23-11-14-28(38-3)29(19-23)39-4/h6-14,18-21H,5,15-17H2,1-4H3. The van der Waals surface area contributed by atoms with Crippen LogP contribution in [0.15, 0.2) is 77.8 Å². The highest BCUT2D eigenvalue weighted by Gasteiger charge is 2.32. The maximum Gasteiger partial charge on any atom is 0.266 e. The number of hydrogen-bond acceptors (Lipinski definition) is 7. The molecule has 4 aromatic rings. The molecule has 0 spiro atoms. The lowest BCUT2D eigenvalue weighted by molar-refractivity contribution is -0.122. The van der Waals surface area contributed by atoms with Crippen LogP contribution in [-0.2, 0) is 11.2 Å². The van der Waals surface area contributed by atoms with E-state index >= 15 is 0 Å². The number of para-hydroxylation sites is 1. The van der Waals surface area contributed by atoms with Crippen molar-refractivity contribution in [2.75, 3.05) is 27.4 Å². The van der Waals surface area contributed by atoms with Crippen molar-refractivity contribution in [1.82, 2.24) is 14.7 Å². The van der Waals surface area contributed by atoms with Gasteiger partial charge in [-0.1, -0.05) is 55.2 Å². The Kier molecular flexibility index (Phi) is 9.29. The van der Waals surface area contributed by atoms with Crippen LogP contribution in [0.1, 0.15) is 30.0 Å². The number of amides is 1. The van der Waals surface area contributed by atoms with Gasteiger partial charge in [0.1, 0.15) is 15.8 Å². The third kappa shape index (κ3) is 6.37. The van der Waals surface area contributed by atoms with Crippen molar-refractivity contribution in [3.05, 3.63) is 94.5 Å². The molecule has 0 atom stereocenters. The number of ether oxygens (including phenoxy) is 3. The molecule has 0 aliphatic carbocycles. The minimum Gasteiger partial charge on any atom is -0.494 e. The van der Waals surface area contributed by atoms with Crippen LogP contribution in [0.3, 0.4) is 0 Å². The second-order valence-corrected chi connectivity index (χ2v) is 11.5. The molecule has 1 aliphatic heterocycles. The Balaban J connectivity index is 1.44. The molecule has 0 N–H and O–H groups in total. The first kappa shape index (κ1) is 29.4. The molecule has 7 nitrogen and oxygen atoms in total. The molecule has 2 heterocycles. The van der Waals surface area contributed by atoms with Crippen LogP contribution in [-0.4, -0.2) is 52.3 Å². The minimum atomic E-state index is -0.107. The second kappa shape index (κ2) is 13.3. The summed E-state index contributed by atoms with van der Waals surface area (Å²) in [6.07, 6.45) is 5.43. The first-order valence-corrected chi connectivity index (χ1v) is 15.0. The zero-order valence-electron chi connectivity index (χ0n) is 24.1. The largest absolute Gasteiger partial charge is 0.494 e. The molecule has 1 aliphatic rings. The number of benzene rings is 3. The van der Waals surface area contributed by atoms with Crippen LogP contribution in [0.25, 0.3) is 23.0 Å². The van der Waals surface area contributed by atoms with Gasteiger partial charge < -0.3 is 14.2 Å². The predicted octanol–water partition coefficient (Wildman–Crippen LogP) is 7.10. The van der Waals surface area contributed by atoms with Gasteiger partial charge in [0, 0.05) is 23.9 Å². The van der Waals surface area contributed by atoms with Gasteiger partial charge in [0.05, 0.1) is 31.4 Å². The van der Waals surface area contributed by atoms with E-state index in [0.29, 0.717) is 40.3 Å². The Morgan fingerprint density at radius 1 is 1.00 bits per heavy atom. The Morgan fingerprint density at radius 3 is 2.50 bits per heavy atom. The highest BCUT2D eigenvalue weighted by Crippen LogP contribution is 2.36. The van der Waals surface area contributed by atoms with Gasteiger partial charge in [0.25, 0.3) is 5.91 Å².